The molecule has 0 radical (unpaired) electrons. The van der Waals surface area contributed by atoms with E-state index in [1.165, 1.54) is 0 Å². The molecule has 158 valence electrons. The molecule has 0 bridgehead atoms. The van der Waals surface area contributed by atoms with Gasteiger partial charge in [0, 0.05) is 42.7 Å². The molecule has 0 unspecified atom stereocenters. The number of ether oxygens (including phenoxy) is 1. The summed E-state index contributed by atoms with van der Waals surface area (Å²) in [6.07, 6.45) is 3.57. The number of fused-ring (bicyclic) bond motifs is 1. The smallest absolute Gasteiger partial charge is 0.247 e. The zero-order valence-electron chi connectivity index (χ0n) is 17.3. The monoisotopic (exact) mass is 418 g/mol. The van der Waals surface area contributed by atoms with Gasteiger partial charge in [0.05, 0.1) is 25.1 Å². The van der Waals surface area contributed by atoms with Gasteiger partial charge >= 0.3 is 0 Å². The summed E-state index contributed by atoms with van der Waals surface area (Å²) in [6.45, 7) is 5.57. The Morgan fingerprint density at radius 2 is 2.00 bits per heavy atom. The molecule has 1 fully saturated rings. The molecule has 0 spiro atoms. The normalized spacial score (nSPS) is 14.8. The third-order valence-electron chi connectivity index (χ3n) is 5.39. The molecule has 4 aromatic rings. The molecule has 7 nitrogen and oxygen atoms in total. The van der Waals surface area contributed by atoms with Gasteiger partial charge in [0.25, 0.3) is 0 Å². The Hall–Kier alpha value is -3.36. The average molecular weight is 418 g/mol. The Labute approximate surface area is 179 Å². The summed E-state index contributed by atoms with van der Waals surface area (Å²) in [7, 11) is 0. The Kier molecular flexibility index (Phi) is 5.31. The fourth-order valence-electron chi connectivity index (χ4n) is 3.70. The number of pyridine rings is 2. The van der Waals surface area contributed by atoms with E-state index in [0.29, 0.717) is 36.9 Å². The molecule has 0 saturated carbocycles. The van der Waals surface area contributed by atoms with Crippen molar-refractivity contribution in [3.63, 3.8) is 0 Å². The van der Waals surface area contributed by atoms with Gasteiger partial charge in [-0.1, -0.05) is 12.1 Å². The van der Waals surface area contributed by atoms with E-state index >= 15 is 0 Å². The third-order valence-corrected chi connectivity index (χ3v) is 5.39. The lowest BCUT2D eigenvalue weighted by molar-refractivity contribution is 0.0337. The average Bonchev–Trinajstić information content (AvgIpc) is 3.20. The van der Waals surface area contributed by atoms with Crippen molar-refractivity contribution >= 4 is 17.3 Å². The summed E-state index contributed by atoms with van der Waals surface area (Å²) in [4.78, 5) is 11.1. The molecular weight excluding hydrogens is 395 g/mol. The minimum atomic E-state index is -0.213. The van der Waals surface area contributed by atoms with Gasteiger partial charge in [0.2, 0.25) is 5.95 Å². The van der Waals surface area contributed by atoms with Gasteiger partial charge in [0.1, 0.15) is 5.82 Å². The van der Waals surface area contributed by atoms with Gasteiger partial charge < -0.3 is 10.1 Å². The first kappa shape index (κ1) is 19.6. The Morgan fingerprint density at radius 1 is 1.13 bits per heavy atom. The van der Waals surface area contributed by atoms with Crippen LogP contribution in [0.5, 0.6) is 0 Å². The lowest BCUT2D eigenvalue weighted by atomic mass is 10.0. The Balaban J connectivity index is 1.42. The van der Waals surface area contributed by atoms with Crippen molar-refractivity contribution in [1.29, 1.82) is 0 Å². The van der Waals surface area contributed by atoms with Crippen LogP contribution in [0.2, 0.25) is 0 Å². The summed E-state index contributed by atoms with van der Waals surface area (Å²) in [5.74, 6) is 0.247. The predicted molar refractivity (Wildman–Crippen MR) is 117 cm³/mol. The van der Waals surface area contributed by atoms with Crippen molar-refractivity contribution in [2.45, 2.75) is 13.5 Å². The second-order valence-electron chi connectivity index (χ2n) is 7.63. The standard InChI is InChI=1S/C23H23FN6O/c1-16-4-7-19(14-25-16)26-23-27-22-20(3-2-8-30(22)28-23)17-5-6-18(21(24)13-17)15-29-9-11-31-12-10-29/h2-8,13-14H,9-12,15H2,1H3,(H,26,28). The van der Waals surface area contributed by atoms with E-state index in [0.717, 1.165) is 35.6 Å². The second kappa shape index (κ2) is 8.41. The quantitative estimate of drug-likeness (QED) is 0.532. The number of aryl methyl sites for hydroxylation is 1. The van der Waals surface area contributed by atoms with Gasteiger partial charge in [0.15, 0.2) is 5.65 Å². The van der Waals surface area contributed by atoms with Crippen molar-refractivity contribution in [1.82, 2.24) is 24.5 Å². The zero-order chi connectivity index (χ0) is 21.2. The molecule has 1 N–H and O–H groups in total. The van der Waals surface area contributed by atoms with Gasteiger partial charge in [-0.25, -0.2) is 8.91 Å². The molecule has 8 heteroatoms. The van der Waals surface area contributed by atoms with Gasteiger partial charge in [-0.2, -0.15) is 4.98 Å². The number of rotatable bonds is 5. The SMILES string of the molecule is Cc1ccc(Nc2nc3c(-c4ccc(CN5CCOCC5)c(F)c4)cccn3n2)cn1. The highest BCUT2D eigenvalue weighted by Crippen LogP contribution is 2.27. The van der Waals surface area contributed by atoms with Crippen LogP contribution in [0.4, 0.5) is 16.0 Å². The minimum absolute atomic E-state index is 0.213. The molecule has 3 aromatic heterocycles. The first-order valence-electron chi connectivity index (χ1n) is 10.3. The van der Waals surface area contributed by atoms with Crippen LogP contribution in [0, 0.1) is 12.7 Å². The van der Waals surface area contributed by atoms with Gasteiger partial charge in [-0.05, 0) is 42.8 Å². The van der Waals surface area contributed by atoms with E-state index in [-0.39, 0.29) is 5.82 Å². The molecule has 31 heavy (non-hydrogen) atoms. The van der Waals surface area contributed by atoms with Crippen LogP contribution in [0.3, 0.4) is 0 Å². The van der Waals surface area contributed by atoms with Crippen LogP contribution in [0.25, 0.3) is 16.8 Å². The van der Waals surface area contributed by atoms with E-state index in [9.17, 15) is 4.39 Å². The fourth-order valence-corrected chi connectivity index (χ4v) is 3.70. The molecule has 0 aliphatic carbocycles. The summed E-state index contributed by atoms with van der Waals surface area (Å²) < 4.78 is 22.0. The number of anilines is 2. The minimum Gasteiger partial charge on any atom is -0.379 e. The number of hydrogen-bond donors (Lipinski definition) is 1. The van der Waals surface area contributed by atoms with Gasteiger partial charge in [-0.3, -0.25) is 9.88 Å². The van der Waals surface area contributed by atoms with Crippen LogP contribution in [-0.4, -0.2) is 50.8 Å². The summed E-state index contributed by atoms with van der Waals surface area (Å²) in [5, 5.41) is 7.66. The molecule has 1 saturated heterocycles. The number of nitrogens with zero attached hydrogens (tertiary/aromatic N) is 5. The van der Waals surface area contributed by atoms with E-state index < -0.39 is 0 Å². The first-order valence-corrected chi connectivity index (χ1v) is 10.3. The highest BCUT2D eigenvalue weighted by molar-refractivity contribution is 5.78. The Morgan fingerprint density at radius 3 is 2.77 bits per heavy atom. The van der Waals surface area contributed by atoms with Crippen molar-refractivity contribution in [3.05, 3.63) is 71.9 Å². The number of morpholine rings is 1. The van der Waals surface area contributed by atoms with E-state index in [2.05, 4.69) is 25.3 Å². The molecule has 1 aliphatic heterocycles. The van der Waals surface area contributed by atoms with Crippen LogP contribution in [0.15, 0.2) is 54.9 Å². The van der Waals surface area contributed by atoms with Crippen LogP contribution < -0.4 is 5.32 Å². The molecule has 1 aromatic carbocycles. The second-order valence-corrected chi connectivity index (χ2v) is 7.63. The van der Waals surface area contributed by atoms with Crippen LogP contribution >= 0.6 is 0 Å². The number of hydrogen-bond acceptors (Lipinski definition) is 6. The number of benzene rings is 1. The van der Waals surface area contributed by atoms with Crippen molar-refractivity contribution in [2.75, 3.05) is 31.6 Å². The lowest BCUT2D eigenvalue weighted by Gasteiger charge is -2.26. The van der Waals surface area contributed by atoms with Crippen molar-refractivity contribution in [2.24, 2.45) is 0 Å². The van der Waals surface area contributed by atoms with Crippen LogP contribution in [-0.2, 0) is 11.3 Å². The van der Waals surface area contributed by atoms with Crippen molar-refractivity contribution in [3.8, 4) is 11.1 Å². The first-order chi connectivity index (χ1) is 15.2. The predicted octanol–water partition coefficient (Wildman–Crippen LogP) is 3.81. The topological polar surface area (TPSA) is 67.6 Å². The molecule has 0 atom stereocenters. The molecule has 5 rings (SSSR count). The summed E-state index contributed by atoms with van der Waals surface area (Å²) >= 11 is 0. The molecule has 1 aliphatic rings. The molecular formula is C23H23FN6O. The molecule has 0 amide bonds. The largest absolute Gasteiger partial charge is 0.379 e. The maximum absolute atomic E-state index is 14.9. The molecule has 4 heterocycles. The lowest BCUT2D eigenvalue weighted by Crippen LogP contribution is -2.35. The number of aromatic nitrogens is 4. The van der Waals surface area contributed by atoms with E-state index in [1.54, 1.807) is 16.8 Å². The zero-order valence-corrected chi connectivity index (χ0v) is 17.3. The number of halogens is 1. The van der Waals surface area contributed by atoms with Gasteiger partial charge in [-0.15, -0.1) is 5.10 Å². The highest BCUT2D eigenvalue weighted by atomic mass is 19.1. The number of nitrogens with one attached hydrogen (secondary N) is 1. The third kappa shape index (κ3) is 4.26. The van der Waals surface area contributed by atoms with Crippen molar-refractivity contribution < 1.29 is 9.13 Å². The summed E-state index contributed by atoms with van der Waals surface area (Å²) in [5.41, 5.74) is 4.68. The highest BCUT2D eigenvalue weighted by Gasteiger charge is 2.15. The maximum atomic E-state index is 14.9. The fraction of sp³-hybridized carbons (Fsp3) is 0.261. The Bertz CT molecular complexity index is 1200. The van der Waals surface area contributed by atoms with E-state index in [4.69, 9.17) is 4.74 Å². The van der Waals surface area contributed by atoms with E-state index in [1.807, 2.05) is 49.5 Å². The summed E-state index contributed by atoms with van der Waals surface area (Å²) in [6, 6.07) is 13.0. The maximum Gasteiger partial charge on any atom is 0.247 e. The van der Waals surface area contributed by atoms with Crippen LogP contribution in [0.1, 0.15) is 11.3 Å².